The smallest absolute Gasteiger partial charge is 0.334 e. The monoisotopic (exact) mass is 368 g/mol. The van der Waals surface area contributed by atoms with Gasteiger partial charge in [0.25, 0.3) is 0 Å². The quantitative estimate of drug-likeness (QED) is 0.733. The molecule has 1 fully saturated rings. The van der Waals surface area contributed by atoms with Crippen LogP contribution in [0.5, 0.6) is 11.5 Å². The van der Waals surface area contributed by atoms with Crippen molar-refractivity contribution in [2.45, 2.75) is 19.5 Å². The van der Waals surface area contributed by atoms with E-state index in [1.165, 1.54) is 0 Å². The van der Waals surface area contributed by atoms with Crippen molar-refractivity contribution < 1.29 is 23.9 Å². The third-order valence-corrected chi connectivity index (χ3v) is 4.32. The van der Waals surface area contributed by atoms with Gasteiger partial charge in [-0.15, -0.1) is 0 Å². The molecule has 0 unspecified atom stereocenters. The first-order valence-corrected chi connectivity index (χ1v) is 8.42. The first kappa shape index (κ1) is 18.4. The third kappa shape index (κ3) is 4.08. The molecule has 7 nitrogen and oxygen atoms in total. The van der Waals surface area contributed by atoms with Gasteiger partial charge in [-0.2, -0.15) is 0 Å². The van der Waals surface area contributed by atoms with Crippen LogP contribution in [-0.4, -0.2) is 41.9 Å². The van der Waals surface area contributed by atoms with E-state index >= 15 is 0 Å². The average molecular weight is 368 g/mol. The Morgan fingerprint density at radius 1 is 0.778 bits per heavy atom. The van der Waals surface area contributed by atoms with Gasteiger partial charge in [0, 0.05) is 0 Å². The van der Waals surface area contributed by atoms with Gasteiger partial charge in [0.2, 0.25) is 11.8 Å². The van der Waals surface area contributed by atoms with Crippen LogP contribution in [0.15, 0.2) is 48.5 Å². The molecule has 7 heteroatoms. The number of rotatable bonds is 6. The number of imide groups is 2. The standard InChI is InChI=1S/C20H20N2O5/c1-26-16-7-3-5-14(9-16)12-21-18(23)11-19(24)22(20(21)25)13-15-6-4-8-17(10-15)27-2/h3-10H,11-13H2,1-2H3. The van der Waals surface area contributed by atoms with Crippen molar-refractivity contribution in [3.63, 3.8) is 0 Å². The highest BCUT2D eigenvalue weighted by Gasteiger charge is 2.37. The summed E-state index contributed by atoms with van der Waals surface area (Å²) in [7, 11) is 3.09. The minimum Gasteiger partial charge on any atom is -0.497 e. The molecular weight excluding hydrogens is 348 g/mol. The Hall–Kier alpha value is -3.35. The van der Waals surface area contributed by atoms with E-state index in [9.17, 15) is 14.4 Å². The van der Waals surface area contributed by atoms with Crippen molar-refractivity contribution in [1.29, 1.82) is 0 Å². The first-order chi connectivity index (χ1) is 13.0. The van der Waals surface area contributed by atoms with Gasteiger partial charge in [0.05, 0.1) is 27.3 Å². The molecule has 2 aromatic carbocycles. The maximum absolute atomic E-state index is 12.8. The maximum Gasteiger partial charge on any atom is 0.334 e. The number of carbonyl (C=O) groups excluding carboxylic acids is 3. The minimum absolute atomic E-state index is 0.0801. The van der Waals surface area contributed by atoms with E-state index in [1.54, 1.807) is 62.8 Å². The summed E-state index contributed by atoms with van der Waals surface area (Å²) in [5.74, 6) is 0.256. The van der Waals surface area contributed by atoms with Crippen molar-refractivity contribution in [2.75, 3.05) is 14.2 Å². The molecule has 1 saturated heterocycles. The second-order valence-electron chi connectivity index (χ2n) is 6.12. The zero-order chi connectivity index (χ0) is 19.4. The topological polar surface area (TPSA) is 76.2 Å². The summed E-state index contributed by atoms with van der Waals surface area (Å²) in [6, 6.07) is 13.6. The molecule has 1 aliphatic heterocycles. The average Bonchev–Trinajstić information content (AvgIpc) is 2.68. The summed E-state index contributed by atoms with van der Waals surface area (Å²) < 4.78 is 10.3. The number of hydrogen-bond acceptors (Lipinski definition) is 5. The van der Waals surface area contributed by atoms with Gasteiger partial charge in [-0.3, -0.25) is 19.4 Å². The Balaban J connectivity index is 1.80. The van der Waals surface area contributed by atoms with E-state index in [2.05, 4.69) is 0 Å². The summed E-state index contributed by atoms with van der Waals surface area (Å²) in [5, 5.41) is 0. The Bertz CT molecular complexity index is 811. The van der Waals surface area contributed by atoms with E-state index in [-0.39, 0.29) is 19.5 Å². The molecule has 3 rings (SSSR count). The summed E-state index contributed by atoms with van der Waals surface area (Å²) in [5.41, 5.74) is 1.48. The fourth-order valence-electron chi connectivity index (χ4n) is 2.90. The van der Waals surface area contributed by atoms with Crippen LogP contribution in [-0.2, 0) is 22.7 Å². The number of amides is 4. The van der Waals surface area contributed by atoms with Crippen LogP contribution in [0.4, 0.5) is 4.79 Å². The molecular formula is C20H20N2O5. The van der Waals surface area contributed by atoms with E-state index < -0.39 is 17.8 Å². The number of ether oxygens (including phenoxy) is 2. The van der Waals surface area contributed by atoms with Crippen molar-refractivity contribution in [1.82, 2.24) is 9.80 Å². The third-order valence-electron chi connectivity index (χ3n) is 4.32. The van der Waals surface area contributed by atoms with Crippen LogP contribution in [0.25, 0.3) is 0 Å². The molecule has 0 spiro atoms. The molecule has 2 aromatic rings. The van der Waals surface area contributed by atoms with Gasteiger partial charge in [0.15, 0.2) is 0 Å². The molecule has 27 heavy (non-hydrogen) atoms. The summed E-state index contributed by atoms with van der Waals surface area (Å²) in [6.45, 7) is 0.160. The van der Waals surface area contributed by atoms with E-state index in [4.69, 9.17) is 9.47 Å². The van der Waals surface area contributed by atoms with Gasteiger partial charge < -0.3 is 9.47 Å². The molecule has 4 amide bonds. The van der Waals surface area contributed by atoms with E-state index in [0.717, 1.165) is 20.9 Å². The Labute approximate surface area is 157 Å². The van der Waals surface area contributed by atoms with E-state index in [0.29, 0.717) is 11.5 Å². The van der Waals surface area contributed by atoms with Gasteiger partial charge in [-0.05, 0) is 35.4 Å². The van der Waals surface area contributed by atoms with Crippen LogP contribution in [0.3, 0.4) is 0 Å². The van der Waals surface area contributed by atoms with Crippen LogP contribution in [0, 0.1) is 0 Å². The molecule has 140 valence electrons. The molecule has 0 bridgehead atoms. The zero-order valence-electron chi connectivity index (χ0n) is 15.2. The first-order valence-electron chi connectivity index (χ1n) is 8.42. The summed E-state index contributed by atoms with van der Waals surface area (Å²) >= 11 is 0. The van der Waals surface area contributed by atoms with Crippen LogP contribution in [0.2, 0.25) is 0 Å². The predicted octanol–water partition coefficient (Wildman–Crippen LogP) is 2.58. The van der Waals surface area contributed by atoms with Gasteiger partial charge in [-0.1, -0.05) is 24.3 Å². The SMILES string of the molecule is COc1cccc(CN2C(=O)CC(=O)N(Cc3cccc(OC)c3)C2=O)c1. The zero-order valence-corrected chi connectivity index (χ0v) is 15.2. The van der Waals surface area contributed by atoms with Gasteiger partial charge in [0.1, 0.15) is 17.9 Å². The fraction of sp³-hybridized carbons (Fsp3) is 0.250. The molecule has 0 saturated carbocycles. The molecule has 1 heterocycles. The maximum atomic E-state index is 12.8. The Morgan fingerprint density at radius 3 is 1.63 bits per heavy atom. The highest BCUT2D eigenvalue weighted by atomic mass is 16.5. The lowest BCUT2D eigenvalue weighted by Gasteiger charge is -2.32. The number of methoxy groups -OCH3 is 2. The summed E-state index contributed by atoms with van der Waals surface area (Å²) in [4.78, 5) is 39.6. The lowest BCUT2D eigenvalue weighted by atomic mass is 10.1. The van der Waals surface area contributed by atoms with Crippen LogP contribution in [0.1, 0.15) is 17.5 Å². The summed E-state index contributed by atoms with van der Waals surface area (Å²) in [6.07, 6.45) is -0.334. The lowest BCUT2D eigenvalue weighted by molar-refractivity contribution is -0.143. The minimum atomic E-state index is -0.623. The van der Waals surface area contributed by atoms with Crippen LogP contribution < -0.4 is 9.47 Å². The highest BCUT2D eigenvalue weighted by molar-refractivity contribution is 6.13. The molecule has 0 N–H and O–H groups in total. The predicted molar refractivity (Wildman–Crippen MR) is 97.1 cm³/mol. The molecule has 1 aliphatic rings. The number of hydrogen-bond donors (Lipinski definition) is 0. The van der Waals surface area contributed by atoms with Crippen molar-refractivity contribution in [3.8, 4) is 11.5 Å². The number of nitrogens with zero attached hydrogens (tertiary/aromatic N) is 2. The Morgan fingerprint density at radius 2 is 1.22 bits per heavy atom. The second-order valence-corrected chi connectivity index (χ2v) is 6.12. The number of carbonyl (C=O) groups is 3. The van der Waals surface area contributed by atoms with Crippen molar-refractivity contribution in [2.24, 2.45) is 0 Å². The van der Waals surface area contributed by atoms with Gasteiger partial charge in [-0.25, -0.2) is 4.79 Å². The molecule has 0 atom stereocenters. The second kappa shape index (κ2) is 7.90. The number of benzene rings is 2. The van der Waals surface area contributed by atoms with Crippen molar-refractivity contribution >= 4 is 17.8 Å². The van der Waals surface area contributed by atoms with Crippen molar-refractivity contribution in [3.05, 3.63) is 59.7 Å². The van der Waals surface area contributed by atoms with Gasteiger partial charge >= 0.3 is 6.03 Å². The van der Waals surface area contributed by atoms with E-state index in [1.807, 2.05) is 0 Å². The largest absolute Gasteiger partial charge is 0.497 e. The number of barbiturate groups is 1. The normalized spacial score (nSPS) is 14.5. The molecule has 0 aliphatic carbocycles. The molecule has 0 aromatic heterocycles. The molecule has 0 radical (unpaired) electrons. The number of urea groups is 1. The fourth-order valence-corrected chi connectivity index (χ4v) is 2.90. The highest BCUT2D eigenvalue weighted by Crippen LogP contribution is 2.21. The van der Waals surface area contributed by atoms with Crippen LogP contribution >= 0.6 is 0 Å². The Kier molecular flexibility index (Phi) is 5.40. The lowest BCUT2D eigenvalue weighted by Crippen LogP contribution is -2.54.